The average Bonchev–Trinajstić information content (AvgIpc) is 3.11. The van der Waals surface area contributed by atoms with Crippen molar-refractivity contribution >= 4 is 32.0 Å². The van der Waals surface area contributed by atoms with Crippen LogP contribution in [0.5, 0.6) is 0 Å². The zero-order valence-electron chi connectivity index (χ0n) is 14.8. The molecular weight excluding hydrogens is 392 g/mol. The van der Waals surface area contributed by atoms with E-state index in [-0.39, 0.29) is 24.5 Å². The minimum absolute atomic E-state index is 0.0546. The molecule has 0 amide bonds. The minimum Gasteiger partial charge on any atom is -0.369 e. The SMILES string of the molecule is O=S1(=O)CCN(c2ccc(-c3cnc(N4CCCC(F)(F)C4)s3)cc2)CC1. The van der Waals surface area contributed by atoms with E-state index >= 15 is 0 Å². The smallest absolute Gasteiger partial charge is 0.265 e. The maximum atomic E-state index is 13.6. The Bertz CT molecular complexity index is 899. The van der Waals surface area contributed by atoms with Gasteiger partial charge in [0.15, 0.2) is 15.0 Å². The van der Waals surface area contributed by atoms with Gasteiger partial charge in [0.25, 0.3) is 5.92 Å². The number of anilines is 2. The van der Waals surface area contributed by atoms with Crippen molar-refractivity contribution in [3.05, 3.63) is 30.5 Å². The van der Waals surface area contributed by atoms with Gasteiger partial charge in [-0.3, -0.25) is 0 Å². The number of hydrogen-bond acceptors (Lipinski definition) is 6. The van der Waals surface area contributed by atoms with Crippen LogP contribution < -0.4 is 9.80 Å². The molecule has 4 rings (SSSR count). The molecule has 9 heteroatoms. The molecule has 0 bridgehead atoms. The van der Waals surface area contributed by atoms with Crippen LogP contribution in [0.15, 0.2) is 30.5 Å². The van der Waals surface area contributed by atoms with Crippen LogP contribution in [0.2, 0.25) is 0 Å². The van der Waals surface area contributed by atoms with Gasteiger partial charge < -0.3 is 9.80 Å². The third kappa shape index (κ3) is 4.24. The molecule has 2 aliphatic rings. The molecule has 0 spiro atoms. The lowest BCUT2D eigenvalue weighted by molar-refractivity contribution is -0.0116. The second-order valence-corrected chi connectivity index (χ2v) is 10.4. The Morgan fingerprint density at radius 3 is 2.41 bits per heavy atom. The predicted molar refractivity (Wildman–Crippen MR) is 105 cm³/mol. The van der Waals surface area contributed by atoms with Gasteiger partial charge in [0.1, 0.15) is 0 Å². The Kier molecular flexibility index (Phi) is 4.84. The number of hydrogen-bond donors (Lipinski definition) is 0. The monoisotopic (exact) mass is 413 g/mol. The molecule has 2 aliphatic heterocycles. The van der Waals surface area contributed by atoms with Crippen LogP contribution in [0.25, 0.3) is 10.4 Å². The van der Waals surface area contributed by atoms with Gasteiger partial charge in [-0.15, -0.1) is 0 Å². The Balaban J connectivity index is 1.46. The van der Waals surface area contributed by atoms with Crippen molar-refractivity contribution < 1.29 is 17.2 Å². The molecule has 2 aromatic rings. The molecule has 2 saturated heterocycles. The summed E-state index contributed by atoms with van der Waals surface area (Å²) in [5.41, 5.74) is 1.98. The Morgan fingerprint density at radius 2 is 1.74 bits per heavy atom. The van der Waals surface area contributed by atoms with Crippen molar-refractivity contribution in [3.63, 3.8) is 0 Å². The van der Waals surface area contributed by atoms with Gasteiger partial charge in [-0.1, -0.05) is 23.5 Å². The van der Waals surface area contributed by atoms with E-state index in [9.17, 15) is 17.2 Å². The summed E-state index contributed by atoms with van der Waals surface area (Å²) in [4.78, 5) is 9.02. The number of aromatic nitrogens is 1. The molecule has 2 fully saturated rings. The quantitative estimate of drug-likeness (QED) is 0.773. The van der Waals surface area contributed by atoms with E-state index in [0.717, 1.165) is 16.1 Å². The van der Waals surface area contributed by atoms with Gasteiger partial charge in [-0.25, -0.2) is 22.2 Å². The number of thiazole rings is 1. The summed E-state index contributed by atoms with van der Waals surface area (Å²) in [5, 5.41) is 0.634. The minimum atomic E-state index is -2.90. The summed E-state index contributed by atoms with van der Waals surface area (Å²) in [6.07, 6.45) is 2.15. The highest BCUT2D eigenvalue weighted by molar-refractivity contribution is 7.91. The molecule has 0 N–H and O–H groups in total. The fourth-order valence-electron chi connectivity index (χ4n) is 3.48. The zero-order chi connectivity index (χ0) is 19.1. The Labute approximate surface area is 161 Å². The molecule has 1 aromatic carbocycles. The molecule has 0 radical (unpaired) electrons. The first kappa shape index (κ1) is 18.6. The second kappa shape index (κ2) is 7.01. The van der Waals surface area contributed by atoms with Gasteiger partial charge in [-0.2, -0.15) is 0 Å². The highest BCUT2D eigenvalue weighted by atomic mass is 32.2. The molecule has 146 valence electrons. The average molecular weight is 414 g/mol. The summed E-state index contributed by atoms with van der Waals surface area (Å²) >= 11 is 1.42. The summed E-state index contributed by atoms with van der Waals surface area (Å²) in [5.74, 6) is -2.27. The van der Waals surface area contributed by atoms with E-state index in [0.29, 0.717) is 31.2 Å². The van der Waals surface area contributed by atoms with Crippen molar-refractivity contribution in [3.8, 4) is 10.4 Å². The number of benzene rings is 1. The highest BCUT2D eigenvalue weighted by Crippen LogP contribution is 2.36. The first-order valence-corrected chi connectivity index (χ1v) is 11.6. The van der Waals surface area contributed by atoms with Crippen LogP contribution in [0, 0.1) is 0 Å². The van der Waals surface area contributed by atoms with Crippen molar-refractivity contribution in [2.24, 2.45) is 0 Å². The molecule has 0 atom stereocenters. The number of piperidine rings is 1. The third-order valence-electron chi connectivity index (χ3n) is 5.02. The number of halogens is 2. The van der Waals surface area contributed by atoms with Gasteiger partial charge in [-0.05, 0) is 24.1 Å². The molecule has 3 heterocycles. The van der Waals surface area contributed by atoms with Crippen LogP contribution in [-0.4, -0.2) is 57.0 Å². The topological polar surface area (TPSA) is 53.5 Å². The molecular formula is C18H21F2N3O2S2. The Hall–Kier alpha value is -1.74. The van der Waals surface area contributed by atoms with E-state index in [2.05, 4.69) is 9.88 Å². The van der Waals surface area contributed by atoms with E-state index in [1.165, 1.54) is 11.3 Å². The highest BCUT2D eigenvalue weighted by Gasteiger charge is 2.36. The number of nitrogens with zero attached hydrogens (tertiary/aromatic N) is 3. The van der Waals surface area contributed by atoms with Crippen molar-refractivity contribution in [2.45, 2.75) is 18.8 Å². The van der Waals surface area contributed by atoms with Crippen molar-refractivity contribution in [1.29, 1.82) is 0 Å². The zero-order valence-corrected chi connectivity index (χ0v) is 16.4. The van der Waals surface area contributed by atoms with Crippen molar-refractivity contribution in [2.75, 3.05) is 47.5 Å². The van der Waals surface area contributed by atoms with E-state index in [1.54, 1.807) is 11.1 Å². The lowest BCUT2D eigenvalue weighted by Gasteiger charge is -2.32. The van der Waals surface area contributed by atoms with Gasteiger partial charge in [0, 0.05) is 37.9 Å². The van der Waals surface area contributed by atoms with Crippen LogP contribution in [0.3, 0.4) is 0 Å². The van der Waals surface area contributed by atoms with Gasteiger partial charge in [0.05, 0.1) is 22.9 Å². The summed E-state index contributed by atoms with van der Waals surface area (Å²) in [6.45, 7) is 1.36. The summed E-state index contributed by atoms with van der Waals surface area (Å²) < 4.78 is 50.4. The molecule has 1 aromatic heterocycles. The second-order valence-electron chi connectivity index (χ2n) is 7.07. The first-order valence-electron chi connectivity index (χ1n) is 8.96. The van der Waals surface area contributed by atoms with E-state index in [1.807, 2.05) is 24.3 Å². The summed E-state index contributed by atoms with van der Waals surface area (Å²) in [7, 11) is -2.90. The number of rotatable bonds is 3. The van der Waals surface area contributed by atoms with Crippen LogP contribution in [0.4, 0.5) is 19.6 Å². The van der Waals surface area contributed by atoms with Gasteiger partial charge >= 0.3 is 0 Å². The summed E-state index contributed by atoms with van der Waals surface area (Å²) in [6, 6.07) is 7.89. The molecule has 27 heavy (non-hydrogen) atoms. The largest absolute Gasteiger partial charge is 0.369 e. The molecule has 0 unspecified atom stereocenters. The lowest BCUT2D eigenvalue weighted by atomic mass is 10.1. The fourth-order valence-corrected chi connectivity index (χ4v) is 5.63. The first-order chi connectivity index (χ1) is 12.8. The maximum absolute atomic E-state index is 13.6. The third-order valence-corrected chi connectivity index (χ3v) is 7.73. The van der Waals surface area contributed by atoms with E-state index in [4.69, 9.17) is 0 Å². The fraction of sp³-hybridized carbons (Fsp3) is 0.500. The lowest BCUT2D eigenvalue weighted by Crippen LogP contribution is -2.42. The molecule has 0 aliphatic carbocycles. The van der Waals surface area contributed by atoms with Crippen LogP contribution in [0.1, 0.15) is 12.8 Å². The number of sulfone groups is 1. The van der Waals surface area contributed by atoms with Crippen molar-refractivity contribution in [1.82, 2.24) is 4.98 Å². The predicted octanol–water partition coefficient (Wildman–Crippen LogP) is 3.28. The van der Waals surface area contributed by atoms with Crippen LogP contribution >= 0.6 is 11.3 Å². The standard InChI is InChI=1S/C18H21F2N3O2S2/c19-18(20)6-1-7-23(13-18)17-21-12-16(26-17)14-2-4-15(5-3-14)22-8-10-27(24,25)11-9-22/h2-5,12H,1,6-11,13H2. The van der Waals surface area contributed by atoms with E-state index < -0.39 is 15.8 Å². The maximum Gasteiger partial charge on any atom is 0.265 e. The molecule has 5 nitrogen and oxygen atoms in total. The normalized spacial score (nSPS) is 22.0. The Morgan fingerprint density at radius 1 is 1.04 bits per heavy atom. The number of alkyl halides is 2. The van der Waals surface area contributed by atoms with Crippen LogP contribution in [-0.2, 0) is 9.84 Å². The van der Waals surface area contributed by atoms with Gasteiger partial charge in [0.2, 0.25) is 0 Å². The molecule has 0 saturated carbocycles.